The molecule has 0 radical (unpaired) electrons. The third kappa shape index (κ3) is 4.05. The zero-order valence-electron chi connectivity index (χ0n) is 19.8. The molecule has 5 aromatic rings. The van der Waals surface area contributed by atoms with Crippen molar-refractivity contribution in [3.63, 3.8) is 0 Å². The number of carbonyl (C=O) groups is 1. The highest BCUT2D eigenvalue weighted by Crippen LogP contribution is 2.36. The Bertz CT molecular complexity index is 1830. The highest BCUT2D eigenvalue weighted by molar-refractivity contribution is 7.89. The summed E-state index contributed by atoms with van der Waals surface area (Å²) in [5.74, 6) is 0.928. The molecule has 37 heavy (non-hydrogen) atoms. The molecule has 0 bridgehead atoms. The van der Waals surface area contributed by atoms with Crippen LogP contribution in [-0.2, 0) is 16.6 Å². The van der Waals surface area contributed by atoms with Gasteiger partial charge in [0.25, 0.3) is 5.91 Å². The van der Waals surface area contributed by atoms with Crippen LogP contribution in [0.3, 0.4) is 0 Å². The summed E-state index contributed by atoms with van der Waals surface area (Å²) in [5, 5.41) is 9.50. The minimum atomic E-state index is -3.95. The maximum Gasteiger partial charge on any atom is 0.256 e. The molecule has 0 fully saturated rings. The van der Waals surface area contributed by atoms with Crippen molar-refractivity contribution in [3.8, 4) is 22.8 Å². The van der Waals surface area contributed by atoms with Crippen molar-refractivity contribution in [2.45, 2.75) is 18.4 Å². The first-order valence-corrected chi connectivity index (χ1v) is 13.1. The molecule has 3 heterocycles. The molecule has 9 nitrogen and oxygen atoms in total. The Kier molecular flexibility index (Phi) is 5.36. The summed E-state index contributed by atoms with van der Waals surface area (Å²) in [6, 6.07) is 19.8. The van der Waals surface area contributed by atoms with Crippen LogP contribution in [-0.4, -0.2) is 30.7 Å². The monoisotopic (exact) mass is 514 g/mol. The molecule has 0 aliphatic carbocycles. The number of carbonyl (C=O) groups excluding carboxylic acids is 1. The van der Waals surface area contributed by atoms with Crippen LogP contribution >= 0.6 is 0 Å². The van der Waals surface area contributed by atoms with Gasteiger partial charge in [0.15, 0.2) is 11.5 Å². The number of pyridine rings is 1. The van der Waals surface area contributed by atoms with E-state index in [0.717, 1.165) is 5.56 Å². The van der Waals surface area contributed by atoms with Gasteiger partial charge in [-0.15, -0.1) is 0 Å². The lowest BCUT2D eigenvalue weighted by Gasteiger charge is -2.11. The van der Waals surface area contributed by atoms with Crippen LogP contribution in [0.1, 0.15) is 17.3 Å². The number of para-hydroxylation sites is 1. The molecule has 1 aliphatic rings. The number of ether oxygens (including phenoxy) is 2. The van der Waals surface area contributed by atoms with Crippen molar-refractivity contribution in [1.82, 2.24) is 9.55 Å². The Labute approximate surface area is 212 Å². The van der Waals surface area contributed by atoms with E-state index in [1.807, 2.05) is 49.4 Å². The highest BCUT2D eigenvalue weighted by atomic mass is 32.2. The molecule has 3 aromatic carbocycles. The first-order valence-electron chi connectivity index (χ1n) is 11.6. The minimum Gasteiger partial charge on any atom is -0.454 e. The van der Waals surface area contributed by atoms with E-state index in [-0.39, 0.29) is 17.6 Å². The van der Waals surface area contributed by atoms with E-state index in [0.29, 0.717) is 56.8 Å². The summed E-state index contributed by atoms with van der Waals surface area (Å²) in [5.41, 5.74) is 3.63. The van der Waals surface area contributed by atoms with Crippen LogP contribution in [0.15, 0.2) is 77.8 Å². The first kappa shape index (κ1) is 23.0. The fourth-order valence-corrected chi connectivity index (χ4v) is 5.34. The summed E-state index contributed by atoms with van der Waals surface area (Å²) in [6.07, 6.45) is 1.51. The largest absolute Gasteiger partial charge is 0.454 e. The van der Waals surface area contributed by atoms with Gasteiger partial charge in [-0.2, -0.15) is 0 Å². The van der Waals surface area contributed by atoms with Gasteiger partial charge in [-0.25, -0.2) is 18.5 Å². The number of benzene rings is 3. The first-order chi connectivity index (χ1) is 17.8. The van der Waals surface area contributed by atoms with Gasteiger partial charge in [0.1, 0.15) is 4.90 Å². The fourth-order valence-electron chi connectivity index (χ4n) is 4.60. The second-order valence-corrected chi connectivity index (χ2v) is 10.2. The van der Waals surface area contributed by atoms with Crippen molar-refractivity contribution < 1.29 is 22.7 Å². The summed E-state index contributed by atoms with van der Waals surface area (Å²) < 4.78 is 37.1. The Hall–Kier alpha value is -4.41. The Morgan fingerprint density at radius 1 is 1.03 bits per heavy atom. The standard InChI is InChI=1S/C27H22N4O5S/c1-2-31-14-26(37(28,33)34)20-12-17(8-9-23(20)31)29-27(32)19-13-22(30-21-6-4-3-5-18(19)21)16-7-10-24-25(11-16)36-15-35-24/h3-14H,2,15H2,1H3,(H,29,32)(H2,28,33,34). The molecule has 2 aromatic heterocycles. The summed E-state index contributed by atoms with van der Waals surface area (Å²) >= 11 is 0. The van der Waals surface area contributed by atoms with Crippen molar-refractivity contribution in [2.24, 2.45) is 5.14 Å². The van der Waals surface area contributed by atoms with E-state index < -0.39 is 10.0 Å². The lowest BCUT2D eigenvalue weighted by molar-refractivity contribution is 0.102. The fraction of sp³-hybridized carbons (Fsp3) is 0.111. The molecule has 0 saturated carbocycles. The third-order valence-electron chi connectivity index (χ3n) is 6.38. The Morgan fingerprint density at radius 3 is 2.65 bits per heavy atom. The van der Waals surface area contributed by atoms with Gasteiger partial charge in [0, 0.05) is 40.3 Å². The summed E-state index contributed by atoms with van der Waals surface area (Å²) in [4.78, 5) is 18.3. The number of hydrogen-bond acceptors (Lipinski definition) is 6. The quantitative estimate of drug-likeness (QED) is 0.356. The van der Waals surface area contributed by atoms with Crippen LogP contribution < -0.4 is 19.9 Å². The molecular weight excluding hydrogens is 492 g/mol. The lowest BCUT2D eigenvalue weighted by Crippen LogP contribution is -2.13. The lowest BCUT2D eigenvalue weighted by atomic mass is 10.0. The predicted octanol–water partition coefficient (Wildman–Crippen LogP) is 4.50. The second-order valence-electron chi connectivity index (χ2n) is 8.65. The number of aromatic nitrogens is 2. The number of aryl methyl sites for hydroxylation is 1. The second kappa shape index (κ2) is 8.61. The number of primary sulfonamides is 1. The highest BCUT2D eigenvalue weighted by Gasteiger charge is 2.20. The Morgan fingerprint density at radius 2 is 1.84 bits per heavy atom. The maximum atomic E-state index is 13.5. The van der Waals surface area contributed by atoms with Gasteiger partial charge >= 0.3 is 0 Å². The number of nitrogens with one attached hydrogen (secondary N) is 1. The van der Waals surface area contributed by atoms with Crippen LogP contribution in [0.2, 0.25) is 0 Å². The zero-order chi connectivity index (χ0) is 25.7. The van der Waals surface area contributed by atoms with E-state index in [1.54, 1.807) is 28.8 Å². The Balaban J connectivity index is 1.42. The van der Waals surface area contributed by atoms with Crippen molar-refractivity contribution in [3.05, 3.63) is 78.5 Å². The number of nitrogens with zero attached hydrogens (tertiary/aromatic N) is 2. The molecule has 0 spiro atoms. The number of sulfonamides is 1. The molecule has 186 valence electrons. The van der Waals surface area contributed by atoms with Crippen LogP contribution in [0.5, 0.6) is 11.5 Å². The van der Waals surface area contributed by atoms with Crippen molar-refractivity contribution >= 4 is 43.4 Å². The van der Waals surface area contributed by atoms with Gasteiger partial charge in [0.05, 0.1) is 16.8 Å². The van der Waals surface area contributed by atoms with E-state index in [9.17, 15) is 13.2 Å². The number of rotatable bonds is 5. The van der Waals surface area contributed by atoms with Gasteiger partial charge in [-0.1, -0.05) is 18.2 Å². The molecule has 0 unspecified atom stereocenters. The van der Waals surface area contributed by atoms with E-state index in [1.165, 1.54) is 6.20 Å². The molecule has 1 amide bonds. The molecule has 3 N–H and O–H groups in total. The number of amides is 1. The number of fused-ring (bicyclic) bond motifs is 3. The SMILES string of the molecule is CCn1cc(S(N)(=O)=O)c2cc(NC(=O)c3cc(-c4ccc5c(c4)OCO5)nc4ccccc34)ccc21. The minimum absolute atomic E-state index is 0.0138. The number of nitrogens with two attached hydrogens (primary N) is 1. The van der Waals surface area contributed by atoms with Gasteiger partial charge in [-0.3, -0.25) is 4.79 Å². The van der Waals surface area contributed by atoms with Gasteiger partial charge in [0.2, 0.25) is 16.8 Å². The van der Waals surface area contributed by atoms with Crippen LogP contribution in [0.4, 0.5) is 5.69 Å². The number of hydrogen-bond donors (Lipinski definition) is 2. The maximum absolute atomic E-state index is 13.5. The summed E-state index contributed by atoms with van der Waals surface area (Å²) in [7, 11) is -3.95. The smallest absolute Gasteiger partial charge is 0.256 e. The molecule has 10 heteroatoms. The predicted molar refractivity (Wildman–Crippen MR) is 140 cm³/mol. The summed E-state index contributed by atoms with van der Waals surface area (Å²) in [6.45, 7) is 2.65. The third-order valence-corrected chi connectivity index (χ3v) is 7.32. The molecule has 0 saturated heterocycles. The molecule has 6 rings (SSSR count). The average Bonchev–Trinajstić information content (AvgIpc) is 3.51. The molecule has 0 atom stereocenters. The molecular formula is C27H22N4O5S. The molecule has 1 aliphatic heterocycles. The van der Waals surface area contributed by atoms with Gasteiger partial charge < -0.3 is 19.4 Å². The average molecular weight is 515 g/mol. The van der Waals surface area contributed by atoms with Crippen LogP contribution in [0.25, 0.3) is 33.1 Å². The van der Waals surface area contributed by atoms with Crippen molar-refractivity contribution in [1.29, 1.82) is 0 Å². The van der Waals surface area contributed by atoms with Crippen LogP contribution in [0, 0.1) is 0 Å². The van der Waals surface area contributed by atoms with Gasteiger partial charge in [-0.05, 0) is 55.5 Å². The van der Waals surface area contributed by atoms with Crippen molar-refractivity contribution in [2.75, 3.05) is 12.1 Å². The van der Waals surface area contributed by atoms with E-state index in [4.69, 9.17) is 19.6 Å². The van der Waals surface area contributed by atoms with E-state index in [2.05, 4.69) is 5.32 Å². The zero-order valence-corrected chi connectivity index (χ0v) is 20.6. The normalized spacial score (nSPS) is 12.8. The van der Waals surface area contributed by atoms with E-state index >= 15 is 0 Å². The topological polar surface area (TPSA) is 126 Å². The number of anilines is 1.